The number of carbonyl (C=O) groups is 1. The largest absolute Gasteiger partial charge is 0.381 e. The Kier molecular flexibility index (Phi) is 5.94. The quantitative estimate of drug-likeness (QED) is 0.791. The highest BCUT2D eigenvalue weighted by Crippen LogP contribution is 2.40. The average Bonchev–Trinajstić information content (AvgIpc) is 2.75. The molecule has 2 aliphatic heterocycles. The van der Waals surface area contributed by atoms with E-state index in [9.17, 15) is 10.1 Å². The fraction of sp³-hybridized carbons (Fsp3) is 0.391. The number of rotatable bonds is 4. The van der Waals surface area contributed by atoms with E-state index in [1.807, 2.05) is 31.2 Å². The van der Waals surface area contributed by atoms with Crippen LogP contribution in [0.1, 0.15) is 48.6 Å². The molecule has 31 heavy (non-hydrogen) atoms. The van der Waals surface area contributed by atoms with Gasteiger partial charge in [0, 0.05) is 36.9 Å². The fourth-order valence-electron chi connectivity index (χ4n) is 4.36. The van der Waals surface area contributed by atoms with Crippen LogP contribution in [0.3, 0.4) is 0 Å². The molecule has 1 amide bonds. The number of guanidine groups is 1. The number of pyridine rings is 1. The van der Waals surface area contributed by atoms with E-state index in [-0.39, 0.29) is 24.3 Å². The molecule has 0 bridgehead atoms. The monoisotopic (exact) mass is 437 g/mol. The number of ether oxygens (including phenoxy) is 1. The molecule has 7 nitrogen and oxygen atoms in total. The Hall–Kier alpha value is -2.95. The Morgan fingerprint density at radius 1 is 1.29 bits per heavy atom. The number of amides is 1. The lowest BCUT2D eigenvalue weighted by Crippen LogP contribution is -2.55. The Bertz CT molecular complexity index is 1070. The first-order valence-electron chi connectivity index (χ1n) is 10.3. The highest BCUT2D eigenvalue weighted by molar-refractivity contribution is 6.32. The number of hydrogen-bond acceptors (Lipinski definition) is 6. The van der Waals surface area contributed by atoms with E-state index in [1.165, 1.54) is 0 Å². The first-order valence-corrected chi connectivity index (χ1v) is 10.7. The summed E-state index contributed by atoms with van der Waals surface area (Å²) in [7, 11) is 0. The van der Waals surface area contributed by atoms with Crippen molar-refractivity contribution in [1.29, 1.82) is 5.26 Å². The number of nitriles is 1. The summed E-state index contributed by atoms with van der Waals surface area (Å²) in [5.74, 6) is 0.175. The van der Waals surface area contributed by atoms with Crippen LogP contribution in [0.25, 0.3) is 0 Å². The molecule has 2 N–H and O–H groups in total. The number of carbonyl (C=O) groups excluding carboxylic acids is 1. The van der Waals surface area contributed by atoms with E-state index in [0.717, 1.165) is 29.5 Å². The van der Waals surface area contributed by atoms with Gasteiger partial charge in [-0.25, -0.2) is 9.98 Å². The Morgan fingerprint density at radius 2 is 2.03 bits per heavy atom. The number of nitrogens with two attached hydrogens (primary N) is 1. The van der Waals surface area contributed by atoms with Crippen molar-refractivity contribution in [2.75, 3.05) is 13.2 Å². The number of aliphatic imine (C=N–C) groups is 1. The first kappa shape index (κ1) is 21.3. The van der Waals surface area contributed by atoms with Gasteiger partial charge in [-0.15, -0.1) is 0 Å². The second-order valence-corrected chi connectivity index (χ2v) is 8.48. The van der Waals surface area contributed by atoms with Gasteiger partial charge >= 0.3 is 0 Å². The highest BCUT2D eigenvalue weighted by atomic mass is 35.5. The summed E-state index contributed by atoms with van der Waals surface area (Å²) in [5, 5.41) is 9.86. The molecule has 1 aromatic carbocycles. The van der Waals surface area contributed by atoms with E-state index in [4.69, 9.17) is 27.1 Å². The van der Waals surface area contributed by atoms with Crippen LogP contribution in [0.5, 0.6) is 0 Å². The molecule has 2 aromatic rings. The third-order valence-corrected chi connectivity index (χ3v) is 6.41. The molecule has 0 saturated carbocycles. The van der Waals surface area contributed by atoms with Gasteiger partial charge in [0.25, 0.3) is 0 Å². The summed E-state index contributed by atoms with van der Waals surface area (Å²) in [6.45, 7) is 3.12. The standard InChI is InChI=1S/C23H24ClN5O2/c1-23(13-20(30)29(22(26)28-23)17-7-10-31-11-8-17)18-6-2-4-16(21(18)24)12-15-5-3-9-27-19(15)14-25/h2-6,9,17H,7-8,10-13H2,1H3,(H2,26,28)/t23-/m0/s1. The van der Waals surface area contributed by atoms with Crippen molar-refractivity contribution in [3.05, 3.63) is 63.9 Å². The highest BCUT2D eigenvalue weighted by Gasteiger charge is 2.41. The number of hydrogen-bond donors (Lipinski definition) is 1. The second kappa shape index (κ2) is 8.66. The molecular formula is C23H24ClN5O2. The lowest BCUT2D eigenvalue weighted by molar-refractivity contribution is -0.132. The maximum atomic E-state index is 13.1. The van der Waals surface area contributed by atoms with E-state index in [1.54, 1.807) is 17.2 Å². The molecule has 8 heteroatoms. The third kappa shape index (κ3) is 4.14. The summed E-state index contributed by atoms with van der Waals surface area (Å²) >= 11 is 6.80. The third-order valence-electron chi connectivity index (χ3n) is 5.97. The minimum absolute atomic E-state index is 0.0198. The minimum Gasteiger partial charge on any atom is -0.381 e. The van der Waals surface area contributed by atoms with Crippen molar-refractivity contribution in [1.82, 2.24) is 9.88 Å². The van der Waals surface area contributed by atoms with Crippen LogP contribution in [0.4, 0.5) is 0 Å². The second-order valence-electron chi connectivity index (χ2n) is 8.11. The van der Waals surface area contributed by atoms with Crippen molar-refractivity contribution in [2.24, 2.45) is 10.7 Å². The first-order chi connectivity index (χ1) is 14.9. The summed E-state index contributed by atoms with van der Waals surface area (Å²) in [4.78, 5) is 23.6. The molecular weight excluding hydrogens is 414 g/mol. The van der Waals surface area contributed by atoms with Crippen molar-refractivity contribution in [3.8, 4) is 6.07 Å². The smallest absolute Gasteiger partial charge is 0.232 e. The zero-order chi connectivity index (χ0) is 22.0. The van der Waals surface area contributed by atoms with E-state index in [2.05, 4.69) is 11.1 Å². The van der Waals surface area contributed by atoms with Crippen LogP contribution >= 0.6 is 11.6 Å². The lowest BCUT2D eigenvalue weighted by atomic mass is 9.85. The van der Waals surface area contributed by atoms with Gasteiger partial charge in [0.2, 0.25) is 5.91 Å². The van der Waals surface area contributed by atoms with Gasteiger partial charge in [0.05, 0.1) is 12.0 Å². The van der Waals surface area contributed by atoms with Gasteiger partial charge in [0.15, 0.2) is 5.96 Å². The number of nitrogens with zero attached hydrogens (tertiary/aromatic N) is 4. The van der Waals surface area contributed by atoms with Gasteiger partial charge in [-0.3, -0.25) is 9.69 Å². The van der Waals surface area contributed by atoms with E-state index < -0.39 is 5.54 Å². The molecule has 1 fully saturated rings. The topological polar surface area (TPSA) is 105 Å². The van der Waals surface area contributed by atoms with Gasteiger partial charge in [-0.1, -0.05) is 35.9 Å². The maximum Gasteiger partial charge on any atom is 0.232 e. The molecule has 2 aliphatic rings. The van der Waals surface area contributed by atoms with Gasteiger partial charge in [0.1, 0.15) is 11.8 Å². The van der Waals surface area contributed by atoms with Crippen molar-refractivity contribution in [3.63, 3.8) is 0 Å². The minimum atomic E-state index is -0.858. The predicted octanol–water partition coefficient (Wildman–Crippen LogP) is 3.14. The van der Waals surface area contributed by atoms with E-state index in [0.29, 0.717) is 30.4 Å². The van der Waals surface area contributed by atoms with Crippen LogP contribution in [-0.4, -0.2) is 41.0 Å². The zero-order valence-corrected chi connectivity index (χ0v) is 18.1. The molecule has 1 saturated heterocycles. The van der Waals surface area contributed by atoms with Crippen molar-refractivity contribution >= 4 is 23.5 Å². The van der Waals surface area contributed by atoms with E-state index >= 15 is 0 Å². The fourth-order valence-corrected chi connectivity index (χ4v) is 4.76. The Morgan fingerprint density at radius 3 is 2.74 bits per heavy atom. The average molecular weight is 438 g/mol. The van der Waals surface area contributed by atoms with Crippen LogP contribution < -0.4 is 5.73 Å². The molecule has 1 atom stereocenters. The van der Waals surface area contributed by atoms with Gasteiger partial charge in [-0.05, 0) is 42.5 Å². The molecule has 4 rings (SSSR count). The molecule has 0 aliphatic carbocycles. The molecule has 3 heterocycles. The van der Waals surface area contributed by atoms with Crippen molar-refractivity contribution in [2.45, 2.75) is 44.2 Å². The molecule has 0 spiro atoms. The predicted molar refractivity (Wildman–Crippen MR) is 117 cm³/mol. The number of benzene rings is 1. The summed E-state index contributed by atoms with van der Waals surface area (Å²) in [6, 6.07) is 11.5. The van der Waals surface area contributed by atoms with Gasteiger partial charge in [-0.2, -0.15) is 5.26 Å². The molecule has 160 valence electrons. The molecule has 0 radical (unpaired) electrons. The lowest BCUT2D eigenvalue weighted by Gasteiger charge is -2.40. The summed E-state index contributed by atoms with van der Waals surface area (Å²) < 4.78 is 5.40. The number of aromatic nitrogens is 1. The van der Waals surface area contributed by atoms with Crippen LogP contribution in [0, 0.1) is 11.3 Å². The van der Waals surface area contributed by atoms with Crippen LogP contribution in [-0.2, 0) is 21.5 Å². The Balaban J connectivity index is 1.66. The normalized spacial score (nSPS) is 22.2. The Labute approximate surface area is 186 Å². The maximum absolute atomic E-state index is 13.1. The number of halogens is 1. The summed E-state index contributed by atoms with van der Waals surface area (Å²) in [5.41, 5.74) is 8.19. The molecule has 0 unspecified atom stereocenters. The van der Waals surface area contributed by atoms with Crippen LogP contribution in [0.2, 0.25) is 5.02 Å². The SMILES string of the molecule is C[C@@]1(c2cccc(Cc3cccnc3C#N)c2Cl)CC(=O)N(C2CCOCC2)C(N)=N1. The van der Waals surface area contributed by atoms with Crippen molar-refractivity contribution < 1.29 is 9.53 Å². The zero-order valence-electron chi connectivity index (χ0n) is 17.3. The summed E-state index contributed by atoms with van der Waals surface area (Å²) in [6.07, 6.45) is 3.74. The molecule has 1 aromatic heterocycles. The van der Waals surface area contributed by atoms with Gasteiger partial charge < -0.3 is 10.5 Å². The van der Waals surface area contributed by atoms with Crippen LogP contribution in [0.15, 0.2) is 41.5 Å².